The number of hydrogen-bond donors (Lipinski definition) is 1. The summed E-state index contributed by atoms with van der Waals surface area (Å²) in [4.78, 5) is 2.47. The molecule has 0 heterocycles. The molecule has 3 atom stereocenters. The highest BCUT2D eigenvalue weighted by Crippen LogP contribution is 2.35. The molecular formula is C15H26N2O. The molecule has 2 fully saturated rings. The second-order valence-electron chi connectivity index (χ2n) is 6.12. The van der Waals surface area contributed by atoms with Crippen molar-refractivity contribution in [1.29, 1.82) is 5.26 Å². The van der Waals surface area contributed by atoms with Crippen LogP contribution >= 0.6 is 0 Å². The van der Waals surface area contributed by atoms with E-state index in [0.29, 0.717) is 12.1 Å². The molecule has 0 aromatic rings. The van der Waals surface area contributed by atoms with Gasteiger partial charge in [-0.25, -0.2) is 0 Å². The van der Waals surface area contributed by atoms with Gasteiger partial charge in [0.15, 0.2) is 0 Å². The van der Waals surface area contributed by atoms with Crippen LogP contribution < -0.4 is 0 Å². The van der Waals surface area contributed by atoms with Gasteiger partial charge in [0.2, 0.25) is 0 Å². The quantitative estimate of drug-likeness (QED) is 0.834. The van der Waals surface area contributed by atoms with E-state index in [1.54, 1.807) is 0 Å². The Labute approximate surface area is 111 Å². The molecule has 2 aliphatic carbocycles. The lowest BCUT2D eigenvalue weighted by Crippen LogP contribution is -2.49. The molecule has 102 valence electrons. The summed E-state index contributed by atoms with van der Waals surface area (Å²) in [7, 11) is 0. The number of nitriles is 1. The van der Waals surface area contributed by atoms with Crippen LogP contribution in [-0.2, 0) is 0 Å². The Morgan fingerprint density at radius 1 is 1.22 bits per heavy atom. The van der Waals surface area contributed by atoms with Gasteiger partial charge in [-0.2, -0.15) is 5.26 Å². The highest BCUT2D eigenvalue weighted by atomic mass is 16.3. The predicted molar refractivity (Wildman–Crippen MR) is 72.0 cm³/mol. The molecule has 0 aromatic heterocycles. The molecule has 18 heavy (non-hydrogen) atoms. The summed E-state index contributed by atoms with van der Waals surface area (Å²) in [6.07, 6.45) is 8.49. The lowest BCUT2D eigenvalue weighted by Gasteiger charge is -2.42. The molecule has 0 amide bonds. The highest BCUT2D eigenvalue weighted by Gasteiger charge is 2.36. The van der Waals surface area contributed by atoms with Crippen LogP contribution in [0.3, 0.4) is 0 Å². The van der Waals surface area contributed by atoms with Crippen LogP contribution in [0.1, 0.15) is 51.9 Å². The van der Waals surface area contributed by atoms with Gasteiger partial charge in [-0.15, -0.1) is 0 Å². The zero-order valence-corrected chi connectivity index (χ0v) is 11.5. The Morgan fingerprint density at radius 2 is 1.94 bits per heavy atom. The molecule has 0 saturated heterocycles. The molecule has 0 bridgehead atoms. The van der Waals surface area contributed by atoms with Gasteiger partial charge < -0.3 is 5.11 Å². The summed E-state index contributed by atoms with van der Waals surface area (Å²) < 4.78 is 0. The molecule has 3 nitrogen and oxygen atoms in total. The fourth-order valence-electron chi connectivity index (χ4n) is 3.84. The second-order valence-corrected chi connectivity index (χ2v) is 6.12. The number of aliphatic hydroxyl groups excluding tert-OH is 1. The van der Waals surface area contributed by atoms with E-state index in [1.165, 1.54) is 32.1 Å². The smallest absolute Gasteiger partial charge is 0.0672 e. The molecular weight excluding hydrogens is 224 g/mol. The van der Waals surface area contributed by atoms with Crippen LogP contribution in [0.4, 0.5) is 0 Å². The first-order valence-corrected chi connectivity index (χ1v) is 7.52. The van der Waals surface area contributed by atoms with Gasteiger partial charge in [0.1, 0.15) is 0 Å². The van der Waals surface area contributed by atoms with Crippen LogP contribution in [0.5, 0.6) is 0 Å². The molecule has 0 radical (unpaired) electrons. The van der Waals surface area contributed by atoms with Crippen molar-refractivity contribution < 1.29 is 5.11 Å². The van der Waals surface area contributed by atoms with Crippen LogP contribution in [-0.4, -0.2) is 35.2 Å². The Morgan fingerprint density at radius 3 is 2.56 bits per heavy atom. The van der Waals surface area contributed by atoms with Gasteiger partial charge in [0, 0.05) is 18.6 Å². The summed E-state index contributed by atoms with van der Waals surface area (Å²) in [5.41, 5.74) is 0. The third-order valence-corrected chi connectivity index (χ3v) is 4.82. The number of rotatable bonds is 4. The average Bonchev–Trinajstić information content (AvgIpc) is 2.89. The van der Waals surface area contributed by atoms with E-state index in [1.807, 2.05) is 0 Å². The Kier molecular flexibility index (Phi) is 5.03. The van der Waals surface area contributed by atoms with Crippen molar-refractivity contribution in [3.8, 4) is 6.07 Å². The molecule has 3 unspecified atom stereocenters. The van der Waals surface area contributed by atoms with Crippen LogP contribution in [0.15, 0.2) is 0 Å². The highest BCUT2D eigenvalue weighted by molar-refractivity contribution is 4.99. The van der Waals surface area contributed by atoms with Crippen molar-refractivity contribution in [2.45, 2.75) is 64.0 Å². The predicted octanol–water partition coefficient (Wildman–Crippen LogP) is 2.55. The van der Waals surface area contributed by atoms with E-state index in [0.717, 1.165) is 25.3 Å². The number of nitrogens with zero attached hydrogens (tertiary/aromatic N) is 2. The SMILES string of the molecule is CC1CCC(C#N)C(N(CCO)C2CCCC2)C1. The summed E-state index contributed by atoms with van der Waals surface area (Å²) >= 11 is 0. The van der Waals surface area contributed by atoms with Crippen molar-refractivity contribution in [2.75, 3.05) is 13.2 Å². The topological polar surface area (TPSA) is 47.3 Å². The Hall–Kier alpha value is -0.590. The van der Waals surface area contributed by atoms with Crippen molar-refractivity contribution in [3.63, 3.8) is 0 Å². The minimum absolute atomic E-state index is 0.174. The summed E-state index contributed by atoms with van der Waals surface area (Å²) in [5, 5.41) is 18.7. The molecule has 2 aliphatic rings. The van der Waals surface area contributed by atoms with Gasteiger partial charge in [-0.05, 0) is 38.0 Å². The fourth-order valence-corrected chi connectivity index (χ4v) is 3.84. The van der Waals surface area contributed by atoms with E-state index >= 15 is 0 Å². The molecule has 0 spiro atoms. The first kappa shape index (κ1) is 13.8. The molecule has 0 aliphatic heterocycles. The lowest BCUT2D eigenvalue weighted by molar-refractivity contribution is 0.0507. The maximum atomic E-state index is 9.37. The van der Waals surface area contributed by atoms with Crippen LogP contribution in [0, 0.1) is 23.2 Å². The minimum atomic E-state index is 0.174. The van der Waals surface area contributed by atoms with Gasteiger partial charge >= 0.3 is 0 Å². The summed E-state index contributed by atoms with van der Waals surface area (Å²) in [5.74, 6) is 0.899. The number of aliphatic hydroxyl groups is 1. The monoisotopic (exact) mass is 250 g/mol. The summed E-state index contributed by atoms with van der Waals surface area (Å²) in [6, 6.07) is 3.51. The first-order valence-electron chi connectivity index (χ1n) is 7.52. The zero-order chi connectivity index (χ0) is 13.0. The largest absolute Gasteiger partial charge is 0.395 e. The molecule has 3 heteroatoms. The molecule has 2 rings (SSSR count). The standard InChI is InChI=1S/C15H26N2O/c1-12-6-7-13(11-16)15(10-12)17(8-9-18)14-4-2-3-5-14/h12-15,18H,2-10H2,1H3. The Bertz CT molecular complexity index is 293. The Balaban J connectivity index is 2.08. The van der Waals surface area contributed by atoms with Crippen LogP contribution in [0.25, 0.3) is 0 Å². The van der Waals surface area contributed by atoms with Crippen molar-refractivity contribution in [1.82, 2.24) is 4.90 Å². The van der Waals surface area contributed by atoms with E-state index in [4.69, 9.17) is 0 Å². The van der Waals surface area contributed by atoms with Crippen molar-refractivity contribution >= 4 is 0 Å². The van der Waals surface area contributed by atoms with Gasteiger partial charge in [0.05, 0.1) is 18.6 Å². The fraction of sp³-hybridized carbons (Fsp3) is 0.933. The third-order valence-electron chi connectivity index (χ3n) is 4.82. The van der Waals surface area contributed by atoms with E-state index in [-0.39, 0.29) is 12.5 Å². The molecule has 1 N–H and O–H groups in total. The van der Waals surface area contributed by atoms with E-state index in [9.17, 15) is 10.4 Å². The van der Waals surface area contributed by atoms with Crippen molar-refractivity contribution in [2.24, 2.45) is 11.8 Å². The average molecular weight is 250 g/mol. The maximum absolute atomic E-state index is 9.37. The normalized spacial score (nSPS) is 33.8. The first-order chi connectivity index (χ1) is 8.76. The van der Waals surface area contributed by atoms with E-state index < -0.39 is 0 Å². The van der Waals surface area contributed by atoms with Gasteiger partial charge in [-0.3, -0.25) is 4.90 Å². The second kappa shape index (κ2) is 6.54. The molecule has 0 aromatic carbocycles. The van der Waals surface area contributed by atoms with Gasteiger partial charge in [0.25, 0.3) is 0 Å². The maximum Gasteiger partial charge on any atom is 0.0672 e. The van der Waals surface area contributed by atoms with Crippen molar-refractivity contribution in [3.05, 3.63) is 0 Å². The van der Waals surface area contributed by atoms with Gasteiger partial charge in [-0.1, -0.05) is 19.8 Å². The molecule has 2 saturated carbocycles. The minimum Gasteiger partial charge on any atom is -0.395 e. The lowest BCUT2D eigenvalue weighted by atomic mass is 9.78. The zero-order valence-electron chi connectivity index (χ0n) is 11.5. The van der Waals surface area contributed by atoms with Crippen LogP contribution in [0.2, 0.25) is 0 Å². The van der Waals surface area contributed by atoms with E-state index in [2.05, 4.69) is 17.9 Å². The summed E-state index contributed by atoms with van der Waals surface area (Å²) in [6.45, 7) is 3.27. The number of hydrogen-bond acceptors (Lipinski definition) is 3. The third kappa shape index (κ3) is 3.05.